The number of urea groups is 1. The number of carbonyl (C=O) groups excluding carboxylic acids is 1. The molecule has 0 radical (unpaired) electrons. The Balaban J connectivity index is 2.49. The van der Waals surface area contributed by atoms with Crippen molar-refractivity contribution in [1.82, 2.24) is 4.90 Å². The summed E-state index contributed by atoms with van der Waals surface area (Å²) in [6.45, 7) is 0.406. The van der Waals surface area contributed by atoms with Crippen LogP contribution < -0.4 is 5.32 Å². The number of amides is 2. The van der Waals surface area contributed by atoms with Crippen LogP contribution in [-0.4, -0.2) is 35.6 Å². The molecule has 0 aliphatic heterocycles. The van der Waals surface area contributed by atoms with Crippen LogP contribution in [-0.2, 0) is 4.79 Å². The van der Waals surface area contributed by atoms with Crippen molar-refractivity contribution in [1.29, 1.82) is 0 Å². The summed E-state index contributed by atoms with van der Waals surface area (Å²) in [6.07, 6.45) is 0.502. The highest BCUT2D eigenvalue weighted by Crippen LogP contribution is 2.22. The zero-order chi connectivity index (χ0) is 14.4. The van der Waals surface area contributed by atoms with Gasteiger partial charge in [0.1, 0.15) is 0 Å². The predicted octanol–water partition coefficient (Wildman–Crippen LogP) is 3.38. The summed E-state index contributed by atoms with van der Waals surface area (Å²) in [5.74, 6) is -0.852. The largest absolute Gasteiger partial charge is 0.481 e. The van der Waals surface area contributed by atoms with Crippen LogP contribution in [0.1, 0.15) is 12.8 Å². The van der Waals surface area contributed by atoms with Gasteiger partial charge >= 0.3 is 12.0 Å². The summed E-state index contributed by atoms with van der Waals surface area (Å²) in [5, 5.41) is 11.3. The molecule has 0 aliphatic carbocycles. The van der Waals surface area contributed by atoms with E-state index in [2.05, 4.69) is 43.8 Å². The molecule has 7 heteroatoms. The van der Waals surface area contributed by atoms with Crippen LogP contribution in [0.4, 0.5) is 10.5 Å². The van der Waals surface area contributed by atoms with Gasteiger partial charge in [-0.05, 0) is 63.1 Å². The number of anilines is 1. The van der Waals surface area contributed by atoms with Crippen LogP contribution in [0.3, 0.4) is 0 Å². The van der Waals surface area contributed by atoms with Gasteiger partial charge in [-0.25, -0.2) is 4.79 Å². The minimum Gasteiger partial charge on any atom is -0.481 e. The first kappa shape index (κ1) is 16.2. The number of hydrogen-bond acceptors (Lipinski definition) is 2. The Morgan fingerprint density at radius 1 is 1.47 bits per heavy atom. The number of benzene rings is 1. The lowest BCUT2D eigenvalue weighted by Crippen LogP contribution is -2.32. The molecule has 104 valence electrons. The zero-order valence-electron chi connectivity index (χ0n) is 10.3. The summed E-state index contributed by atoms with van der Waals surface area (Å²) >= 11 is 5.58. The molecule has 19 heavy (non-hydrogen) atoms. The van der Waals surface area contributed by atoms with Crippen LogP contribution >= 0.6 is 38.5 Å². The molecule has 0 spiro atoms. The molecule has 1 aromatic carbocycles. The average molecular weight is 441 g/mol. The third-order valence-electron chi connectivity index (χ3n) is 2.40. The molecule has 0 aliphatic rings. The quantitative estimate of drug-likeness (QED) is 0.689. The number of carbonyl (C=O) groups is 2. The van der Waals surface area contributed by atoms with Gasteiger partial charge in [-0.1, -0.05) is 0 Å². The summed E-state index contributed by atoms with van der Waals surface area (Å²) in [7, 11) is 1.64. The van der Waals surface area contributed by atoms with Crippen molar-refractivity contribution in [2.75, 3.05) is 18.9 Å². The van der Waals surface area contributed by atoms with Crippen molar-refractivity contribution >= 4 is 56.2 Å². The van der Waals surface area contributed by atoms with E-state index in [1.54, 1.807) is 7.05 Å². The predicted molar refractivity (Wildman–Crippen MR) is 85.4 cm³/mol. The van der Waals surface area contributed by atoms with E-state index in [0.29, 0.717) is 18.7 Å². The number of aliphatic carboxylic acids is 1. The van der Waals surface area contributed by atoms with Gasteiger partial charge in [0, 0.05) is 33.7 Å². The van der Waals surface area contributed by atoms with E-state index in [9.17, 15) is 9.59 Å². The molecule has 0 fully saturated rings. The lowest BCUT2D eigenvalue weighted by atomic mass is 10.3. The maximum Gasteiger partial charge on any atom is 0.321 e. The maximum absolute atomic E-state index is 11.8. The molecule has 2 N–H and O–H groups in total. The Morgan fingerprint density at radius 3 is 2.74 bits per heavy atom. The molecule has 1 aromatic rings. The third kappa shape index (κ3) is 5.77. The monoisotopic (exact) mass is 440 g/mol. The van der Waals surface area contributed by atoms with Crippen molar-refractivity contribution in [2.24, 2.45) is 0 Å². The third-order valence-corrected chi connectivity index (χ3v) is 4.74. The smallest absolute Gasteiger partial charge is 0.321 e. The lowest BCUT2D eigenvalue weighted by molar-refractivity contribution is -0.137. The van der Waals surface area contributed by atoms with Crippen molar-refractivity contribution in [2.45, 2.75) is 12.8 Å². The van der Waals surface area contributed by atoms with Crippen molar-refractivity contribution in [3.05, 3.63) is 26.2 Å². The highest BCUT2D eigenvalue weighted by molar-refractivity contribution is 14.1. The van der Waals surface area contributed by atoms with Gasteiger partial charge in [-0.3, -0.25) is 4.79 Å². The number of nitrogens with zero attached hydrogens (tertiary/aromatic N) is 1. The van der Waals surface area contributed by atoms with E-state index in [0.717, 1.165) is 8.04 Å². The van der Waals surface area contributed by atoms with E-state index in [4.69, 9.17) is 5.11 Å². The van der Waals surface area contributed by atoms with Crippen molar-refractivity contribution < 1.29 is 14.7 Å². The van der Waals surface area contributed by atoms with Gasteiger partial charge in [0.2, 0.25) is 0 Å². The van der Waals surface area contributed by atoms with E-state index in [1.807, 2.05) is 18.2 Å². The Morgan fingerprint density at radius 2 is 2.16 bits per heavy atom. The second-order valence-electron chi connectivity index (χ2n) is 3.98. The van der Waals surface area contributed by atoms with Gasteiger partial charge in [0.05, 0.1) is 0 Å². The van der Waals surface area contributed by atoms with Crippen LogP contribution in [0.25, 0.3) is 0 Å². The van der Waals surface area contributed by atoms with E-state index >= 15 is 0 Å². The molecule has 0 atom stereocenters. The second-order valence-corrected chi connectivity index (χ2v) is 5.99. The molecule has 0 aromatic heterocycles. The fraction of sp³-hybridized carbons (Fsp3) is 0.333. The first-order valence-electron chi connectivity index (χ1n) is 5.59. The number of nitrogens with one attached hydrogen (secondary N) is 1. The Labute approximate surface area is 133 Å². The Kier molecular flexibility index (Phi) is 6.56. The molecule has 2 amide bonds. The second kappa shape index (κ2) is 7.68. The minimum absolute atomic E-state index is 0.0622. The molecule has 0 unspecified atom stereocenters. The van der Waals surface area contributed by atoms with Crippen LogP contribution in [0.15, 0.2) is 22.7 Å². The normalized spacial score (nSPS) is 10.1. The van der Waals surface area contributed by atoms with Crippen LogP contribution in [0.2, 0.25) is 0 Å². The van der Waals surface area contributed by atoms with Gasteiger partial charge in [-0.15, -0.1) is 0 Å². The Bertz CT molecular complexity index is 482. The fourth-order valence-electron chi connectivity index (χ4n) is 1.36. The molecule has 0 bridgehead atoms. The number of carboxylic acid groups (broad SMARTS) is 1. The molecule has 0 heterocycles. The van der Waals surface area contributed by atoms with Gasteiger partial charge in [-0.2, -0.15) is 0 Å². The number of halogens is 2. The van der Waals surface area contributed by atoms with E-state index < -0.39 is 5.97 Å². The zero-order valence-corrected chi connectivity index (χ0v) is 14.1. The highest BCUT2D eigenvalue weighted by Gasteiger charge is 2.10. The van der Waals surface area contributed by atoms with Crippen molar-refractivity contribution in [3.8, 4) is 0 Å². The van der Waals surface area contributed by atoms with Gasteiger partial charge in [0.15, 0.2) is 0 Å². The van der Waals surface area contributed by atoms with E-state index in [-0.39, 0.29) is 12.5 Å². The van der Waals surface area contributed by atoms with Crippen LogP contribution in [0.5, 0.6) is 0 Å². The first-order chi connectivity index (χ1) is 8.90. The molecule has 0 saturated heterocycles. The fourth-order valence-corrected chi connectivity index (χ4v) is 2.08. The van der Waals surface area contributed by atoms with Crippen molar-refractivity contribution in [3.63, 3.8) is 0 Å². The number of rotatable bonds is 5. The lowest BCUT2D eigenvalue weighted by Gasteiger charge is -2.17. The topological polar surface area (TPSA) is 69.6 Å². The Hall–Kier alpha value is -0.830. The molecular weight excluding hydrogens is 427 g/mol. The van der Waals surface area contributed by atoms with Gasteiger partial charge in [0.25, 0.3) is 0 Å². The molecular formula is C12H14BrIN2O3. The van der Waals surface area contributed by atoms with Crippen LogP contribution in [0, 0.1) is 3.57 Å². The van der Waals surface area contributed by atoms with E-state index in [1.165, 1.54) is 4.90 Å². The molecule has 5 nitrogen and oxygen atoms in total. The maximum atomic E-state index is 11.8. The first-order valence-corrected chi connectivity index (χ1v) is 7.46. The standard InChI is InChI=1S/C12H14BrIN2O3/c1-16(6-2-3-11(17)18)12(19)15-8-4-5-10(14)9(13)7-8/h4-5,7H,2-3,6H2,1H3,(H,15,19)(H,17,18). The summed E-state index contributed by atoms with van der Waals surface area (Å²) in [5.41, 5.74) is 0.697. The average Bonchev–Trinajstić information content (AvgIpc) is 2.33. The molecule has 1 rings (SSSR count). The number of carboxylic acids is 1. The number of hydrogen-bond donors (Lipinski definition) is 2. The minimum atomic E-state index is -0.852. The summed E-state index contributed by atoms with van der Waals surface area (Å²) in [4.78, 5) is 23.7. The van der Waals surface area contributed by atoms with Gasteiger partial charge < -0.3 is 15.3 Å². The summed E-state index contributed by atoms with van der Waals surface area (Å²) in [6, 6.07) is 5.28. The summed E-state index contributed by atoms with van der Waals surface area (Å²) < 4.78 is 1.98. The molecule has 0 saturated carbocycles. The SMILES string of the molecule is CN(CCCC(=O)O)C(=O)Nc1ccc(I)c(Br)c1. The highest BCUT2D eigenvalue weighted by atomic mass is 127.